The van der Waals surface area contributed by atoms with E-state index in [9.17, 15) is 9.90 Å². The third-order valence-electron chi connectivity index (χ3n) is 3.62. The van der Waals surface area contributed by atoms with Crippen LogP contribution in [-0.2, 0) is 11.3 Å². The Balaban J connectivity index is 2.11. The molecule has 0 amide bonds. The predicted octanol–water partition coefficient (Wildman–Crippen LogP) is 2.82. The smallest absolute Gasteiger partial charge is 0.320 e. The third kappa shape index (κ3) is 3.33. The highest BCUT2D eigenvalue weighted by Gasteiger charge is 2.26. The molecule has 0 saturated carbocycles. The summed E-state index contributed by atoms with van der Waals surface area (Å²) in [6.07, 6.45) is 4.06. The number of benzene rings is 1. The maximum Gasteiger partial charge on any atom is 0.320 e. The molecule has 1 aliphatic heterocycles. The van der Waals surface area contributed by atoms with Crippen molar-refractivity contribution in [1.82, 2.24) is 4.90 Å². The number of carbonyl (C=O) groups is 1. The Morgan fingerprint density at radius 1 is 1.39 bits per heavy atom. The van der Waals surface area contributed by atoms with Gasteiger partial charge in [0.25, 0.3) is 0 Å². The van der Waals surface area contributed by atoms with Crippen LogP contribution in [0.3, 0.4) is 0 Å². The minimum atomic E-state index is -0.676. The molecule has 18 heavy (non-hydrogen) atoms. The molecule has 1 N–H and O–H groups in total. The molecule has 1 aromatic carbocycles. The summed E-state index contributed by atoms with van der Waals surface area (Å²) in [6.45, 7) is 3.71. The summed E-state index contributed by atoms with van der Waals surface area (Å²) in [7, 11) is 0. The minimum absolute atomic E-state index is 0.312. The first-order valence-corrected chi connectivity index (χ1v) is 6.69. The fourth-order valence-corrected chi connectivity index (χ4v) is 2.68. The molecule has 1 fully saturated rings. The van der Waals surface area contributed by atoms with Gasteiger partial charge in [-0.25, -0.2) is 0 Å². The lowest BCUT2D eigenvalue weighted by Crippen LogP contribution is -2.40. The van der Waals surface area contributed by atoms with Gasteiger partial charge in [0.15, 0.2) is 0 Å². The second-order valence-corrected chi connectivity index (χ2v) is 5.16. The minimum Gasteiger partial charge on any atom is -0.480 e. The molecular weight excluding hydrogens is 226 g/mol. The average molecular weight is 247 g/mol. The van der Waals surface area contributed by atoms with Crippen molar-refractivity contribution in [3.8, 4) is 0 Å². The zero-order chi connectivity index (χ0) is 13.0. The first kappa shape index (κ1) is 13.1. The maximum atomic E-state index is 11.3. The van der Waals surface area contributed by atoms with E-state index in [0.29, 0.717) is 0 Å². The SMILES string of the molecule is Cc1cccc(CN2CCCCCC2C(=O)O)c1. The van der Waals surface area contributed by atoms with Crippen molar-refractivity contribution < 1.29 is 9.90 Å². The van der Waals surface area contributed by atoms with E-state index in [1.807, 2.05) is 6.07 Å². The zero-order valence-corrected chi connectivity index (χ0v) is 10.9. The summed E-state index contributed by atoms with van der Waals surface area (Å²) in [6, 6.07) is 8.02. The Bertz CT molecular complexity index is 417. The van der Waals surface area contributed by atoms with Gasteiger partial charge in [0, 0.05) is 6.54 Å². The summed E-state index contributed by atoms with van der Waals surface area (Å²) < 4.78 is 0. The number of hydrogen-bond donors (Lipinski definition) is 1. The highest BCUT2D eigenvalue weighted by Crippen LogP contribution is 2.19. The molecule has 0 spiro atoms. The van der Waals surface area contributed by atoms with Gasteiger partial charge in [-0.05, 0) is 31.9 Å². The van der Waals surface area contributed by atoms with Crippen LogP contribution in [0, 0.1) is 6.92 Å². The van der Waals surface area contributed by atoms with Crippen molar-refractivity contribution in [2.24, 2.45) is 0 Å². The van der Waals surface area contributed by atoms with Gasteiger partial charge in [-0.3, -0.25) is 9.69 Å². The van der Waals surface area contributed by atoms with Crippen LogP contribution in [0.2, 0.25) is 0 Å². The van der Waals surface area contributed by atoms with Gasteiger partial charge in [0.05, 0.1) is 0 Å². The van der Waals surface area contributed by atoms with Crippen molar-refractivity contribution in [2.75, 3.05) is 6.54 Å². The Labute approximate surface area is 108 Å². The van der Waals surface area contributed by atoms with Crippen LogP contribution in [0.4, 0.5) is 0 Å². The van der Waals surface area contributed by atoms with E-state index < -0.39 is 5.97 Å². The van der Waals surface area contributed by atoms with Crippen LogP contribution in [-0.4, -0.2) is 28.6 Å². The zero-order valence-electron chi connectivity index (χ0n) is 10.9. The quantitative estimate of drug-likeness (QED) is 0.893. The number of hydrogen-bond acceptors (Lipinski definition) is 2. The third-order valence-corrected chi connectivity index (χ3v) is 3.62. The number of carboxylic acids is 1. The molecule has 98 valence electrons. The summed E-state index contributed by atoms with van der Waals surface area (Å²) in [5.41, 5.74) is 2.44. The Kier molecular flexibility index (Phi) is 4.37. The number of aliphatic carboxylic acids is 1. The largest absolute Gasteiger partial charge is 0.480 e. The van der Waals surface area contributed by atoms with Crippen LogP contribution < -0.4 is 0 Å². The Morgan fingerprint density at radius 2 is 2.22 bits per heavy atom. The lowest BCUT2D eigenvalue weighted by Gasteiger charge is -2.26. The Hall–Kier alpha value is -1.35. The fraction of sp³-hybridized carbons (Fsp3) is 0.533. The van der Waals surface area contributed by atoms with Gasteiger partial charge >= 0.3 is 5.97 Å². The molecule has 2 rings (SSSR count). The second kappa shape index (κ2) is 6.01. The predicted molar refractivity (Wildman–Crippen MR) is 71.5 cm³/mol. The van der Waals surface area contributed by atoms with Crippen LogP contribution in [0.1, 0.15) is 36.8 Å². The van der Waals surface area contributed by atoms with Crippen LogP contribution in [0.5, 0.6) is 0 Å². The number of aryl methyl sites for hydroxylation is 1. The molecule has 1 heterocycles. The molecule has 3 nitrogen and oxygen atoms in total. The first-order valence-electron chi connectivity index (χ1n) is 6.69. The number of nitrogens with zero attached hydrogens (tertiary/aromatic N) is 1. The molecular formula is C15H21NO2. The lowest BCUT2D eigenvalue weighted by atomic mass is 10.1. The van der Waals surface area contributed by atoms with E-state index in [0.717, 1.165) is 38.8 Å². The molecule has 0 aromatic heterocycles. The molecule has 0 bridgehead atoms. The highest BCUT2D eigenvalue weighted by atomic mass is 16.4. The van der Waals surface area contributed by atoms with Crippen molar-refractivity contribution >= 4 is 5.97 Å². The van der Waals surface area contributed by atoms with Gasteiger partial charge in [-0.1, -0.05) is 42.7 Å². The van der Waals surface area contributed by atoms with Crippen molar-refractivity contribution in [1.29, 1.82) is 0 Å². The Morgan fingerprint density at radius 3 is 2.94 bits per heavy atom. The number of likely N-dealkylation sites (tertiary alicyclic amines) is 1. The summed E-state index contributed by atoms with van der Waals surface area (Å²) >= 11 is 0. The van der Waals surface area contributed by atoms with Crippen molar-refractivity contribution in [2.45, 2.75) is 45.2 Å². The van der Waals surface area contributed by atoms with E-state index in [2.05, 4.69) is 30.0 Å². The van der Waals surface area contributed by atoms with Gasteiger partial charge in [0.1, 0.15) is 6.04 Å². The molecule has 3 heteroatoms. The maximum absolute atomic E-state index is 11.3. The highest BCUT2D eigenvalue weighted by molar-refractivity contribution is 5.73. The molecule has 0 radical (unpaired) electrons. The number of rotatable bonds is 3. The van der Waals surface area contributed by atoms with Gasteiger partial charge < -0.3 is 5.11 Å². The van der Waals surface area contributed by atoms with E-state index in [1.54, 1.807) is 0 Å². The molecule has 1 unspecified atom stereocenters. The standard InChI is InChI=1S/C15H21NO2/c1-12-6-5-7-13(10-12)11-16-9-4-2-3-8-14(16)15(17)18/h5-7,10,14H,2-4,8-9,11H2,1H3,(H,17,18). The molecule has 0 aliphatic carbocycles. The van der Waals surface area contributed by atoms with Gasteiger partial charge in [-0.15, -0.1) is 0 Å². The summed E-state index contributed by atoms with van der Waals surface area (Å²) in [5.74, 6) is -0.676. The lowest BCUT2D eigenvalue weighted by molar-refractivity contribution is -0.143. The average Bonchev–Trinajstić information content (AvgIpc) is 2.54. The monoisotopic (exact) mass is 247 g/mol. The number of carboxylic acid groups (broad SMARTS) is 1. The molecule has 1 atom stereocenters. The van der Waals surface area contributed by atoms with E-state index in [4.69, 9.17) is 0 Å². The summed E-state index contributed by atoms with van der Waals surface area (Å²) in [5, 5.41) is 9.32. The van der Waals surface area contributed by atoms with Crippen LogP contribution >= 0.6 is 0 Å². The fourth-order valence-electron chi connectivity index (χ4n) is 2.68. The van der Waals surface area contributed by atoms with Gasteiger partial charge in [0.2, 0.25) is 0 Å². The van der Waals surface area contributed by atoms with E-state index in [-0.39, 0.29) is 6.04 Å². The molecule has 1 saturated heterocycles. The van der Waals surface area contributed by atoms with Crippen molar-refractivity contribution in [3.63, 3.8) is 0 Å². The normalized spacial score (nSPS) is 21.5. The topological polar surface area (TPSA) is 40.5 Å². The molecule has 1 aromatic rings. The molecule has 1 aliphatic rings. The van der Waals surface area contributed by atoms with Crippen LogP contribution in [0.15, 0.2) is 24.3 Å². The van der Waals surface area contributed by atoms with E-state index in [1.165, 1.54) is 11.1 Å². The van der Waals surface area contributed by atoms with Gasteiger partial charge in [-0.2, -0.15) is 0 Å². The van der Waals surface area contributed by atoms with E-state index >= 15 is 0 Å². The first-order chi connectivity index (χ1) is 8.66. The summed E-state index contributed by atoms with van der Waals surface area (Å²) in [4.78, 5) is 13.4. The van der Waals surface area contributed by atoms with Crippen LogP contribution in [0.25, 0.3) is 0 Å². The second-order valence-electron chi connectivity index (χ2n) is 5.16. The van der Waals surface area contributed by atoms with Crippen molar-refractivity contribution in [3.05, 3.63) is 35.4 Å².